The zero-order chi connectivity index (χ0) is 14.3. The molecule has 0 saturated carbocycles. The smallest absolute Gasteiger partial charge is 0.123 e. The molecule has 3 heteroatoms. The Morgan fingerprint density at radius 1 is 1.20 bits per heavy atom. The third-order valence-electron chi connectivity index (χ3n) is 3.88. The maximum absolute atomic E-state index is 6.38. The second-order valence-corrected chi connectivity index (χ2v) is 6.31. The molecule has 20 heavy (non-hydrogen) atoms. The topological polar surface area (TPSA) is 35.2 Å². The summed E-state index contributed by atoms with van der Waals surface area (Å²) in [7, 11) is 0. The van der Waals surface area contributed by atoms with Gasteiger partial charge in [-0.1, -0.05) is 43.6 Å². The van der Waals surface area contributed by atoms with Gasteiger partial charge in [-0.3, -0.25) is 0 Å². The van der Waals surface area contributed by atoms with Gasteiger partial charge in [0, 0.05) is 28.1 Å². The molecule has 0 radical (unpaired) electrons. The van der Waals surface area contributed by atoms with Gasteiger partial charge in [0.2, 0.25) is 0 Å². The van der Waals surface area contributed by atoms with Crippen LogP contribution in [0.25, 0.3) is 11.1 Å². The second kappa shape index (κ2) is 4.80. The highest BCUT2D eigenvalue weighted by Crippen LogP contribution is 2.41. The number of hydrogen-bond acceptors (Lipinski definition) is 2. The first-order valence-corrected chi connectivity index (χ1v) is 7.15. The summed E-state index contributed by atoms with van der Waals surface area (Å²) in [5.41, 5.74) is 10.1. The number of nitrogens with two attached hydrogens (primary N) is 1. The average molecular weight is 288 g/mol. The van der Waals surface area contributed by atoms with Gasteiger partial charge >= 0.3 is 0 Å². The van der Waals surface area contributed by atoms with Gasteiger partial charge in [0.15, 0.2) is 0 Å². The number of fused-ring (bicyclic) bond motifs is 1. The molecule has 2 nitrogen and oxygen atoms in total. The average Bonchev–Trinajstić information content (AvgIpc) is 2.74. The van der Waals surface area contributed by atoms with Gasteiger partial charge < -0.3 is 10.5 Å². The van der Waals surface area contributed by atoms with Crippen molar-refractivity contribution in [2.45, 2.75) is 25.8 Å². The van der Waals surface area contributed by atoms with E-state index in [0.717, 1.165) is 34.1 Å². The van der Waals surface area contributed by atoms with E-state index in [2.05, 4.69) is 26.0 Å². The summed E-state index contributed by atoms with van der Waals surface area (Å²) in [5, 5.41) is 0.740. The highest BCUT2D eigenvalue weighted by molar-refractivity contribution is 6.33. The Hall–Kier alpha value is -1.51. The molecule has 0 fully saturated rings. The highest BCUT2D eigenvalue weighted by Gasteiger charge is 2.31. The van der Waals surface area contributed by atoms with E-state index in [1.54, 1.807) is 0 Å². The number of halogens is 1. The van der Waals surface area contributed by atoms with Crippen molar-refractivity contribution >= 4 is 11.6 Å². The van der Waals surface area contributed by atoms with Crippen LogP contribution >= 0.6 is 11.6 Å². The summed E-state index contributed by atoms with van der Waals surface area (Å²) in [6, 6.07) is 12.3. The molecule has 0 amide bonds. The van der Waals surface area contributed by atoms with E-state index < -0.39 is 0 Å². The Morgan fingerprint density at radius 3 is 2.70 bits per heavy atom. The van der Waals surface area contributed by atoms with Crippen LogP contribution in [-0.4, -0.2) is 6.61 Å². The minimum atomic E-state index is 0.0506. The lowest BCUT2D eigenvalue weighted by molar-refractivity contribution is 0.291. The van der Waals surface area contributed by atoms with E-state index in [-0.39, 0.29) is 5.41 Å². The lowest BCUT2D eigenvalue weighted by atomic mass is 9.85. The number of benzene rings is 2. The van der Waals surface area contributed by atoms with Gasteiger partial charge in [-0.05, 0) is 29.3 Å². The normalized spacial score (nSPS) is 15.8. The van der Waals surface area contributed by atoms with Crippen molar-refractivity contribution in [2.24, 2.45) is 5.73 Å². The predicted molar refractivity (Wildman–Crippen MR) is 83.3 cm³/mol. The Kier molecular flexibility index (Phi) is 3.23. The molecule has 0 bridgehead atoms. The van der Waals surface area contributed by atoms with Gasteiger partial charge in [-0.25, -0.2) is 0 Å². The number of hydrogen-bond donors (Lipinski definition) is 1. The molecule has 2 aromatic rings. The molecule has 1 aliphatic rings. The van der Waals surface area contributed by atoms with Gasteiger partial charge in [0.25, 0.3) is 0 Å². The molecule has 104 valence electrons. The van der Waals surface area contributed by atoms with Crippen LogP contribution in [-0.2, 0) is 12.0 Å². The van der Waals surface area contributed by atoms with Crippen LogP contribution in [0.4, 0.5) is 0 Å². The van der Waals surface area contributed by atoms with E-state index in [0.29, 0.717) is 6.54 Å². The lowest BCUT2D eigenvalue weighted by Gasteiger charge is -2.16. The van der Waals surface area contributed by atoms with Crippen molar-refractivity contribution in [2.75, 3.05) is 6.61 Å². The standard InChI is InChI=1S/C17H18ClNO/c1-17(2)10-20-16-6-4-12(8-14(16)17)13-5-3-11(9-19)7-15(13)18/h3-8H,9-10,19H2,1-2H3. The molecule has 2 N–H and O–H groups in total. The maximum atomic E-state index is 6.38. The zero-order valence-corrected chi connectivity index (χ0v) is 12.5. The largest absolute Gasteiger partial charge is 0.492 e. The van der Waals surface area contributed by atoms with Crippen molar-refractivity contribution in [3.63, 3.8) is 0 Å². The molecule has 0 spiro atoms. The first kappa shape index (κ1) is 13.5. The van der Waals surface area contributed by atoms with Crippen LogP contribution < -0.4 is 10.5 Å². The third-order valence-corrected chi connectivity index (χ3v) is 4.19. The van der Waals surface area contributed by atoms with Crippen LogP contribution in [0.5, 0.6) is 5.75 Å². The van der Waals surface area contributed by atoms with E-state index in [4.69, 9.17) is 22.1 Å². The Bertz CT molecular complexity index is 664. The summed E-state index contributed by atoms with van der Waals surface area (Å²) < 4.78 is 5.72. The summed E-state index contributed by atoms with van der Waals surface area (Å²) in [6.07, 6.45) is 0. The molecule has 1 heterocycles. The maximum Gasteiger partial charge on any atom is 0.123 e. The molecule has 1 aliphatic heterocycles. The van der Waals surface area contributed by atoms with E-state index in [9.17, 15) is 0 Å². The number of ether oxygens (including phenoxy) is 1. The minimum Gasteiger partial charge on any atom is -0.492 e. The monoisotopic (exact) mass is 287 g/mol. The Balaban J connectivity index is 2.08. The van der Waals surface area contributed by atoms with Gasteiger partial charge in [-0.15, -0.1) is 0 Å². The van der Waals surface area contributed by atoms with Crippen LogP contribution in [0, 0.1) is 0 Å². The fourth-order valence-electron chi connectivity index (χ4n) is 2.61. The lowest BCUT2D eigenvalue weighted by Crippen LogP contribution is -2.18. The van der Waals surface area contributed by atoms with E-state index >= 15 is 0 Å². The van der Waals surface area contributed by atoms with Crippen molar-refractivity contribution in [3.05, 3.63) is 52.5 Å². The minimum absolute atomic E-state index is 0.0506. The van der Waals surface area contributed by atoms with E-state index in [1.807, 2.05) is 24.3 Å². The Labute approximate surface area is 124 Å². The van der Waals surface area contributed by atoms with E-state index in [1.165, 1.54) is 5.56 Å². The van der Waals surface area contributed by atoms with Crippen molar-refractivity contribution < 1.29 is 4.74 Å². The molecule has 0 unspecified atom stereocenters. The zero-order valence-electron chi connectivity index (χ0n) is 11.7. The summed E-state index contributed by atoms with van der Waals surface area (Å²) in [4.78, 5) is 0. The fourth-order valence-corrected chi connectivity index (χ4v) is 2.92. The molecule has 0 aliphatic carbocycles. The molecule has 0 aromatic heterocycles. The number of rotatable bonds is 2. The first-order chi connectivity index (χ1) is 9.51. The molecular formula is C17H18ClNO. The molecular weight excluding hydrogens is 270 g/mol. The molecule has 0 saturated heterocycles. The summed E-state index contributed by atoms with van der Waals surface area (Å²) >= 11 is 6.38. The third kappa shape index (κ3) is 2.19. The second-order valence-electron chi connectivity index (χ2n) is 5.90. The Morgan fingerprint density at radius 2 is 2.00 bits per heavy atom. The molecule has 0 atom stereocenters. The van der Waals surface area contributed by atoms with Gasteiger partial charge in [-0.2, -0.15) is 0 Å². The van der Waals surface area contributed by atoms with Gasteiger partial charge in [0.1, 0.15) is 5.75 Å². The van der Waals surface area contributed by atoms with Crippen molar-refractivity contribution in [3.8, 4) is 16.9 Å². The fraction of sp³-hybridized carbons (Fsp3) is 0.294. The summed E-state index contributed by atoms with van der Waals surface area (Å²) in [6.45, 7) is 5.63. The van der Waals surface area contributed by atoms with Crippen LogP contribution in [0.2, 0.25) is 5.02 Å². The SMILES string of the molecule is CC1(C)COc2ccc(-c3ccc(CN)cc3Cl)cc21. The molecule has 3 rings (SSSR count). The quantitative estimate of drug-likeness (QED) is 0.901. The highest BCUT2D eigenvalue weighted by atomic mass is 35.5. The van der Waals surface area contributed by atoms with Crippen LogP contribution in [0.3, 0.4) is 0 Å². The van der Waals surface area contributed by atoms with Crippen molar-refractivity contribution in [1.29, 1.82) is 0 Å². The predicted octanol–water partition coefficient (Wildman–Crippen LogP) is 4.14. The van der Waals surface area contributed by atoms with Crippen molar-refractivity contribution in [1.82, 2.24) is 0 Å². The summed E-state index contributed by atoms with van der Waals surface area (Å²) in [5.74, 6) is 0.980. The first-order valence-electron chi connectivity index (χ1n) is 6.77. The van der Waals surface area contributed by atoms with Crippen LogP contribution in [0.15, 0.2) is 36.4 Å². The van der Waals surface area contributed by atoms with Gasteiger partial charge in [0.05, 0.1) is 6.61 Å². The van der Waals surface area contributed by atoms with Crippen LogP contribution in [0.1, 0.15) is 25.0 Å². The molecule has 2 aromatic carbocycles.